The van der Waals surface area contributed by atoms with Crippen LogP contribution in [-0.4, -0.2) is 175 Å². The normalized spacial score (nSPS) is 30.9. The molecule has 0 radical (unpaired) electrons. The van der Waals surface area contributed by atoms with E-state index in [1.54, 1.807) is 159 Å². The zero-order valence-corrected chi connectivity index (χ0v) is 82.7. The monoisotopic (exact) mass is 2010 g/mol. The number of nitro groups is 1. The number of nitrogens with two attached hydrogens (primary N) is 5. The fourth-order valence-corrected chi connectivity index (χ4v) is 23.1. The summed E-state index contributed by atoms with van der Waals surface area (Å²) in [5.41, 5.74) is 32.4. The first-order chi connectivity index (χ1) is 69.5. The topological polar surface area (TPSA) is 464 Å². The lowest BCUT2D eigenvalue weighted by atomic mass is 9.73. The number of aliphatic imine (C=N–C) groups is 5. The van der Waals surface area contributed by atoms with Crippen LogP contribution in [0.2, 0.25) is 0 Å². The predicted molar refractivity (Wildman–Crippen MR) is 522 cm³/mol. The third-order valence-electron chi connectivity index (χ3n) is 29.5. The lowest BCUT2D eigenvalue weighted by Crippen LogP contribution is -2.48. The van der Waals surface area contributed by atoms with Gasteiger partial charge in [-0.2, -0.15) is 30.6 Å². The largest absolute Gasteiger partial charge is 0.475 e. The van der Waals surface area contributed by atoms with E-state index in [9.17, 15) is 41.6 Å². The molecule has 11 aliphatic heterocycles. The highest BCUT2D eigenvalue weighted by Crippen LogP contribution is 2.58. The highest BCUT2D eigenvalue weighted by Gasteiger charge is 2.62. The number of hydrogen-bond acceptors (Lipinski definition) is 30. The van der Waals surface area contributed by atoms with Crippen LogP contribution in [0, 0.1) is 80.5 Å². The fraction of sp³-hybridized carbons (Fsp3) is 0.427. The highest BCUT2D eigenvalue weighted by atomic mass is 19.1. The van der Waals surface area contributed by atoms with E-state index in [2.05, 4.69) is 45.6 Å². The first-order valence-corrected chi connectivity index (χ1v) is 47.7. The number of nitrogens with zero attached hydrogens (tertiary/aromatic N) is 18. The maximum atomic E-state index is 14.7. The molecule has 24 atom stereocenters. The molecule has 43 heteroatoms. The van der Waals surface area contributed by atoms with Crippen molar-refractivity contribution in [2.24, 2.45) is 126 Å². The number of fused-ring (bicyclic) bond motifs is 5. The van der Waals surface area contributed by atoms with Gasteiger partial charge < -0.3 is 85.9 Å². The average molecular weight is 2020 g/mol. The van der Waals surface area contributed by atoms with Gasteiger partial charge in [0.25, 0.3) is 23.8 Å². The number of amidine groups is 3. The van der Waals surface area contributed by atoms with E-state index < -0.39 is 80.2 Å². The van der Waals surface area contributed by atoms with Crippen LogP contribution in [0.3, 0.4) is 0 Å². The number of aromatic nitrogens is 12. The van der Waals surface area contributed by atoms with Crippen molar-refractivity contribution in [1.29, 1.82) is 0 Å². The van der Waals surface area contributed by atoms with Crippen molar-refractivity contribution in [2.75, 3.05) is 45.4 Å². The maximum absolute atomic E-state index is 14.7. The van der Waals surface area contributed by atoms with E-state index in [0.717, 1.165) is 45.5 Å². The van der Waals surface area contributed by atoms with Gasteiger partial charge in [0.05, 0.1) is 165 Å². The maximum Gasteiger partial charge on any atom is 0.283 e. The Morgan fingerprint density at radius 3 is 0.938 bits per heavy atom. The van der Waals surface area contributed by atoms with Crippen LogP contribution in [0.25, 0.3) is 0 Å². The molecule has 6 saturated heterocycles. The molecule has 11 N–H and O–H groups in total. The van der Waals surface area contributed by atoms with Gasteiger partial charge in [-0.25, -0.2) is 51.3 Å². The van der Waals surface area contributed by atoms with Crippen LogP contribution in [-0.2, 0) is 128 Å². The Balaban J connectivity index is 0.000000115. The number of aryl methyl sites for hydroxylation is 6. The Hall–Kier alpha value is -14.2. The van der Waals surface area contributed by atoms with E-state index >= 15 is 0 Å². The van der Waals surface area contributed by atoms with Crippen LogP contribution in [0.1, 0.15) is 159 Å². The zero-order valence-electron chi connectivity index (χ0n) is 82.7. The van der Waals surface area contributed by atoms with Gasteiger partial charge in [0, 0.05) is 189 Å². The number of anilines is 1. The number of benzene rings is 6. The van der Waals surface area contributed by atoms with Crippen molar-refractivity contribution >= 4 is 41.2 Å². The predicted octanol–water partition coefficient (Wildman–Crippen LogP) is 12.6. The summed E-state index contributed by atoms with van der Waals surface area (Å²) in [5.74, 6) is -2.67. The molecule has 0 saturated carbocycles. The van der Waals surface area contributed by atoms with Gasteiger partial charge in [0.2, 0.25) is 0 Å². The van der Waals surface area contributed by atoms with Gasteiger partial charge in [-0.3, -0.25) is 38.2 Å². The molecule has 770 valence electrons. The third kappa shape index (κ3) is 19.4. The quantitative estimate of drug-likeness (QED) is 0.0255. The van der Waals surface area contributed by atoms with Gasteiger partial charge in [-0.05, 0) is 90.1 Å². The molecule has 146 heavy (non-hydrogen) atoms. The third-order valence-corrected chi connectivity index (χ3v) is 29.5. The van der Waals surface area contributed by atoms with Crippen molar-refractivity contribution in [3.63, 3.8) is 0 Å². The second kappa shape index (κ2) is 40.3. The summed E-state index contributed by atoms with van der Waals surface area (Å²) < 4.78 is 162. The minimum absolute atomic E-state index is 0.0287. The summed E-state index contributed by atoms with van der Waals surface area (Å²) in [7, 11) is 11.0. The van der Waals surface area contributed by atoms with Gasteiger partial charge in [0.1, 0.15) is 82.0 Å². The van der Waals surface area contributed by atoms with Gasteiger partial charge in [-0.15, -0.1) is 0 Å². The molecule has 6 aromatic heterocycles. The summed E-state index contributed by atoms with van der Waals surface area (Å²) >= 11 is 0. The summed E-state index contributed by atoms with van der Waals surface area (Å²) in [5, 5.41) is 46.7. The SMILES string of the molecule is CC1=N[C@](C)(c2ccccc2F)[C@@H]2[C@@H](CO[C@H]2c2cnn(C)c2)O1.CC1=N[C@](C)(c2ccccc2F)[C@@H]2[C@@H](CO[C@H]2c2cnn(C)c2)O1.Cn1cc([C@@H]2OC[C@@H](O)[C@H]2[C@](C)(N)c2ccccc2F)cn1.Cn1cc([C@@H]2OC[C@H]3OC(N)=N[C@](C)(c4cc(N)ccc4F)[C@H]32)cn1.Cn1cc([C@@H]2OC[C@H]3OC(N)=N[C@](C)(c4cc([N+](=O)[O-])ccc4F)[C@H]32)cn1.Cn1cc([C@@H]2OC[C@H]3OC(N)=N[C@](C)(c4ccccc4F)[C@H]32)cn1. The molecule has 23 rings (SSSR count). The Labute approximate surface area is 836 Å². The molecule has 6 fully saturated rings. The first-order valence-electron chi connectivity index (χ1n) is 47.7. The molecule has 6 aromatic carbocycles. The number of hydrogen-bond donors (Lipinski definition) is 6. The van der Waals surface area contributed by atoms with E-state index in [1.165, 1.54) is 42.5 Å². The Kier molecular flexibility index (Phi) is 28.1. The smallest absolute Gasteiger partial charge is 0.283 e. The van der Waals surface area contributed by atoms with Gasteiger partial charge in [-0.1, -0.05) is 72.8 Å². The lowest BCUT2D eigenvalue weighted by Gasteiger charge is -2.41. The minimum atomic E-state index is -1.21. The molecule has 0 bridgehead atoms. The number of aliphatic hydroxyl groups excluding tert-OH is 1. The van der Waals surface area contributed by atoms with Crippen LogP contribution >= 0.6 is 0 Å². The standard InChI is InChI=1S/2C18H20FN3O2.C17H18FN5O4.C17H20FN5O2.C17H19FN4O2.C16H20FN3O2/c2*1-11-21-18(2,13-6-4-5-7-14(13)19)16-15(24-11)10-23-17(16)12-8-20-22(3)9-12;1-17(11-5-10(23(24)25)3-4-12(11)18)14-13(27-16(19)21-17)8-26-15(14)9-6-20-22(2)7-9;1-17(11-5-10(19)3-4-12(11)18)14-13(25-16(20)22-17)8-24-15(14)9-6-21-23(2)7-9;1-17(11-5-3-4-6-12(11)18)14-13(24-16(19)21-17)9-23-15(14)10-7-20-22(2)8-10;1-16(18,11-5-3-4-6-12(11)17)14-13(21)9-22-15(14)10-7-19-20(2)8-10/h2*4-9,15-17H,10H2,1-3H3;3-7,13-15H,8H2,1-2H3,(H2,19,21);3-7,13-15H,8,19H2,1-2H3,(H2,20,22);3-8,13-15H,9H2,1-2H3,(H2,19,21);3-8,13-15,21H,9,18H2,1-2H3/t2*15-,16-,17+,18-;3*13-,14-,15+,17-;13-,14-,15+,16-/m111111/s1. The Morgan fingerprint density at radius 1 is 0.363 bits per heavy atom. The van der Waals surface area contributed by atoms with Crippen molar-refractivity contribution in [1.82, 2.24) is 58.7 Å². The summed E-state index contributed by atoms with van der Waals surface area (Å²) in [6.45, 7) is 16.8. The number of nitro benzene ring substituents is 1. The number of ether oxygens (including phenoxy) is 11. The second-order valence-electron chi connectivity index (χ2n) is 39.4. The van der Waals surface area contributed by atoms with Crippen molar-refractivity contribution in [3.8, 4) is 0 Å². The molecule has 0 spiro atoms. The van der Waals surface area contributed by atoms with E-state index in [1.807, 2.05) is 120 Å². The fourth-order valence-electron chi connectivity index (χ4n) is 23.1. The molecule has 11 aliphatic rings. The molecular formula is C103H117F6N23O14. The van der Waals surface area contributed by atoms with E-state index in [0.29, 0.717) is 71.7 Å². The second-order valence-corrected chi connectivity index (χ2v) is 39.4. The molecule has 0 unspecified atom stereocenters. The summed E-state index contributed by atoms with van der Waals surface area (Å²) in [6.07, 6.45) is 17.6. The van der Waals surface area contributed by atoms with Crippen LogP contribution in [0.4, 0.5) is 37.7 Å². The van der Waals surface area contributed by atoms with Crippen molar-refractivity contribution < 1.29 is 88.5 Å². The molecule has 17 heterocycles. The van der Waals surface area contributed by atoms with Gasteiger partial charge >= 0.3 is 0 Å². The van der Waals surface area contributed by atoms with Crippen molar-refractivity contribution in [2.45, 2.75) is 162 Å². The summed E-state index contributed by atoms with van der Waals surface area (Å²) in [6, 6.07) is 34.5. The number of non-ortho nitro benzene ring substituents is 1. The molecule has 0 amide bonds. The Bertz CT molecular complexity index is 6650. The summed E-state index contributed by atoms with van der Waals surface area (Å²) in [4.78, 5) is 33.4. The number of rotatable bonds is 14. The zero-order chi connectivity index (χ0) is 104. The van der Waals surface area contributed by atoms with Crippen LogP contribution in [0.15, 0.2) is 233 Å². The molecule has 0 aliphatic carbocycles. The molecule has 37 nitrogen and oxygen atoms in total. The van der Waals surface area contributed by atoms with Gasteiger partial charge in [0.15, 0.2) is 11.8 Å². The van der Waals surface area contributed by atoms with E-state index in [-0.39, 0.29) is 144 Å². The van der Waals surface area contributed by atoms with Crippen LogP contribution < -0.4 is 28.7 Å². The average Bonchev–Trinajstić information content (AvgIpc) is 1.54. The lowest BCUT2D eigenvalue weighted by molar-refractivity contribution is -0.385. The highest BCUT2D eigenvalue weighted by molar-refractivity contribution is 5.77. The minimum Gasteiger partial charge on any atom is -0.475 e. The molecule has 12 aromatic rings. The number of aliphatic hydroxyl groups is 1. The van der Waals surface area contributed by atoms with Crippen molar-refractivity contribution in [3.05, 3.63) is 320 Å². The first kappa shape index (κ1) is 102. The van der Waals surface area contributed by atoms with E-state index in [4.69, 9.17) is 90.8 Å². The molecular weight excluding hydrogens is 1900 g/mol. The number of halogens is 6. The number of nitrogen functional groups attached to an aromatic ring is 1. The Morgan fingerprint density at radius 2 is 0.630 bits per heavy atom. The van der Waals surface area contributed by atoms with Crippen LogP contribution in [0.5, 0.6) is 0 Å².